The van der Waals surface area contributed by atoms with Crippen molar-refractivity contribution in [2.45, 2.75) is 0 Å². The number of rotatable bonds is 6. The molecule has 0 N–H and O–H groups in total. The minimum Gasteiger partial charge on any atom is -0.309 e. The molecule has 56 heavy (non-hydrogen) atoms. The molecule has 262 valence electrons. The van der Waals surface area contributed by atoms with Crippen LogP contribution in [0.3, 0.4) is 0 Å². The van der Waals surface area contributed by atoms with E-state index in [1.54, 1.807) is 0 Å². The lowest BCUT2D eigenvalue weighted by molar-refractivity contribution is 1.06. The van der Waals surface area contributed by atoms with E-state index in [-0.39, 0.29) is 0 Å². The molecule has 0 fully saturated rings. The molecule has 0 aliphatic carbocycles. The van der Waals surface area contributed by atoms with Crippen LogP contribution in [-0.2, 0) is 0 Å². The molecule has 0 aliphatic rings. The Bertz CT molecular complexity index is 3130. The Labute approximate surface area is 322 Å². The predicted octanol–water partition coefficient (Wildman–Crippen LogP) is 12.1. The van der Waals surface area contributed by atoms with Crippen molar-refractivity contribution < 1.29 is 0 Å². The van der Waals surface area contributed by atoms with Crippen LogP contribution in [0.2, 0.25) is 0 Å². The van der Waals surface area contributed by atoms with E-state index in [0.717, 1.165) is 61.0 Å². The number of nitrogens with zero attached hydrogens (tertiary/aromatic N) is 6. The van der Waals surface area contributed by atoms with E-state index in [1.807, 2.05) is 79.1 Å². The van der Waals surface area contributed by atoms with Crippen molar-refractivity contribution in [3.8, 4) is 56.7 Å². The summed E-state index contributed by atoms with van der Waals surface area (Å²) in [6, 6.07) is 63.6. The first-order valence-corrected chi connectivity index (χ1v) is 18.7. The van der Waals surface area contributed by atoms with Gasteiger partial charge in [-0.3, -0.25) is 4.98 Å². The molecular weight excluding hydrogens is 685 g/mol. The Hall–Kier alpha value is -7.70. The minimum atomic E-state index is 0.596. The Morgan fingerprint density at radius 1 is 0.339 bits per heavy atom. The molecule has 0 radical (unpaired) electrons. The van der Waals surface area contributed by atoms with Gasteiger partial charge in [-0.2, -0.15) is 0 Å². The van der Waals surface area contributed by atoms with Crippen molar-refractivity contribution in [3.05, 3.63) is 194 Å². The summed E-state index contributed by atoms with van der Waals surface area (Å²) in [5.74, 6) is 1.84. The lowest BCUT2D eigenvalue weighted by Crippen LogP contribution is -2.04. The van der Waals surface area contributed by atoms with Crippen molar-refractivity contribution in [1.29, 1.82) is 0 Å². The summed E-state index contributed by atoms with van der Waals surface area (Å²) in [4.78, 5) is 19.8. The SMILES string of the molecule is c1ccc(-c2nc(-c3ccccc3)nc(-c3ccc(-c4cccnc4)cc3-n3c4ccccc4c4cc(-n5c6ccccc6c6ccccc65)ccc43)n2)cc1. The van der Waals surface area contributed by atoms with Crippen molar-refractivity contribution in [1.82, 2.24) is 29.1 Å². The van der Waals surface area contributed by atoms with Crippen LogP contribution in [0.25, 0.3) is 100 Å². The first-order valence-electron chi connectivity index (χ1n) is 18.7. The van der Waals surface area contributed by atoms with Crippen LogP contribution in [0.4, 0.5) is 0 Å². The molecule has 0 amide bonds. The van der Waals surface area contributed by atoms with Gasteiger partial charge in [0, 0.05) is 61.9 Å². The van der Waals surface area contributed by atoms with Gasteiger partial charge in [0.2, 0.25) is 0 Å². The molecule has 0 aliphatic heterocycles. The van der Waals surface area contributed by atoms with Gasteiger partial charge < -0.3 is 9.13 Å². The summed E-state index contributed by atoms with van der Waals surface area (Å²) in [6.45, 7) is 0. The molecule has 6 nitrogen and oxygen atoms in total. The zero-order chi connectivity index (χ0) is 37.0. The quantitative estimate of drug-likeness (QED) is 0.172. The van der Waals surface area contributed by atoms with Gasteiger partial charge in [-0.05, 0) is 60.2 Å². The molecule has 0 atom stereocenters. The highest BCUT2D eigenvalue weighted by Crippen LogP contribution is 2.40. The van der Waals surface area contributed by atoms with E-state index in [2.05, 4.69) is 129 Å². The maximum absolute atomic E-state index is 5.19. The van der Waals surface area contributed by atoms with E-state index < -0.39 is 0 Å². The summed E-state index contributed by atoms with van der Waals surface area (Å²) in [5, 5.41) is 4.80. The van der Waals surface area contributed by atoms with Crippen LogP contribution in [0.1, 0.15) is 0 Å². The summed E-state index contributed by atoms with van der Waals surface area (Å²) >= 11 is 0. The molecule has 0 spiro atoms. The first-order chi connectivity index (χ1) is 27.8. The van der Waals surface area contributed by atoms with Gasteiger partial charge in [-0.1, -0.05) is 127 Å². The third kappa shape index (κ3) is 5.19. The van der Waals surface area contributed by atoms with E-state index in [1.165, 1.54) is 21.8 Å². The number of benzene rings is 7. The summed E-state index contributed by atoms with van der Waals surface area (Å²) < 4.78 is 4.75. The number of hydrogen-bond acceptors (Lipinski definition) is 4. The fraction of sp³-hybridized carbons (Fsp3) is 0. The molecule has 6 heteroatoms. The van der Waals surface area contributed by atoms with Crippen LogP contribution in [0.5, 0.6) is 0 Å². The van der Waals surface area contributed by atoms with E-state index >= 15 is 0 Å². The van der Waals surface area contributed by atoms with Gasteiger partial charge >= 0.3 is 0 Å². The monoisotopic (exact) mass is 716 g/mol. The highest BCUT2D eigenvalue weighted by Gasteiger charge is 2.21. The lowest BCUT2D eigenvalue weighted by atomic mass is 10.0. The van der Waals surface area contributed by atoms with Gasteiger partial charge in [0.05, 0.1) is 27.8 Å². The van der Waals surface area contributed by atoms with Gasteiger partial charge in [-0.25, -0.2) is 15.0 Å². The van der Waals surface area contributed by atoms with Gasteiger partial charge in [0.25, 0.3) is 0 Å². The van der Waals surface area contributed by atoms with Gasteiger partial charge in [0.15, 0.2) is 17.5 Å². The van der Waals surface area contributed by atoms with Crippen LogP contribution in [-0.4, -0.2) is 29.1 Å². The molecule has 0 saturated carbocycles. The molecule has 4 heterocycles. The second kappa shape index (κ2) is 13.0. The number of aromatic nitrogens is 6. The molecule has 0 unspecified atom stereocenters. The van der Waals surface area contributed by atoms with Gasteiger partial charge in [0.1, 0.15) is 0 Å². The zero-order valence-corrected chi connectivity index (χ0v) is 30.2. The molecular formula is C50H32N6. The van der Waals surface area contributed by atoms with Crippen LogP contribution >= 0.6 is 0 Å². The van der Waals surface area contributed by atoms with Crippen molar-refractivity contribution in [2.24, 2.45) is 0 Å². The second-order valence-corrected chi connectivity index (χ2v) is 13.9. The Kier molecular flexibility index (Phi) is 7.38. The smallest absolute Gasteiger partial charge is 0.166 e. The Morgan fingerprint density at radius 2 is 0.857 bits per heavy atom. The Morgan fingerprint density at radius 3 is 1.46 bits per heavy atom. The number of para-hydroxylation sites is 3. The van der Waals surface area contributed by atoms with Crippen molar-refractivity contribution in [3.63, 3.8) is 0 Å². The highest BCUT2D eigenvalue weighted by atomic mass is 15.1. The average Bonchev–Trinajstić information content (AvgIpc) is 3.79. The normalized spacial score (nSPS) is 11.6. The maximum atomic E-state index is 5.19. The van der Waals surface area contributed by atoms with Crippen molar-refractivity contribution >= 4 is 43.6 Å². The topological polar surface area (TPSA) is 61.4 Å². The summed E-state index contributed by atoms with van der Waals surface area (Å²) in [7, 11) is 0. The fourth-order valence-corrected chi connectivity index (χ4v) is 8.11. The number of fused-ring (bicyclic) bond motifs is 6. The molecule has 11 rings (SSSR count). The van der Waals surface area contributed by atoms with E-state index in [9.17, 15) is 0 Å². The third-order valence-corrected chi connectivity index (χ3v) is 10.7. The molecule has 4 aromatic heterocycles. The van der Waals surface area contributed by atoms with Crippen LogP contribution in [0.15, 0.2) is 194 Å². The molecule has 11 aromatic rings. The van der Waals surface area contributed by atoms with Crippen molar-refractivity contribution in [2.75, 3.05) is 0 Å². The number of pyridine rings is 1. The standard InChI is InChI=1S/C50H32N6/c1-3-14-33(15-4-1)48-52-49(34-16-5-2-6-17-34)54-50(53-48)41-27-25-35(36-18-13-29-51-32-36)30-47(41)56-45-24-12-9-21-40(45)42-31-37(26-28-46(42)56)55-43-22-10-7-19-38(43)39-20-8-11-23-44(39)55/h1-32H. The Balaban J connectivity index is 1.19. The first kappa shape index (κ1) is 31.8. The second-order valence-electron chi connectivity index (χ2n) is 13.9. The van der Waals surface area contributed by atoms with Crippen LogP contribution in [0, 0.1) is 0 Å². The van der Waals surface area contributed by atoms with E-state index in [0.29, 0.717) is 17.5 Å². The minimum absolute atomic E-state index is 0.596. The molecule has 0 saturated heterocycles. The van der Waals surface area contributed by atoms with Crippen LogP contribution < -0.4 is 0 Å². The predicted molar refractivity (Wildman–Crippen MR) is 228 cm³/mol. The maximum Gasteiger partial charge on any atom is 0.166 e. The third-order valence-electron chi connectivity index (χ3n) is 10.7. The molecule has 0 bridgehead atoms. The average molecular weight is 717 g/mol. The van der Waals surface area contributed by atoms with Gasteiger partial charge in [-0.15, -0.1) is 0 Å². The summed E-state index contributed by atoms with van der Waals surface area (Å²) in [5.41, 5.74) is 11.4. The lowest BCUT2D eigenvalue weighted by Gasteiger charge is -2.16. The fourth-order valence-electron chi connectivity index (χ4n) is 8.11. The highest BCUT2D eigenvalue weighted by molar-refractivity contribution is 6.12. The number of hydrogen-bond donors (Lipinski definition) is 0. The largest absolute Gasteiger partial charge is 0.309 e. The molecule has 7 aromatic carbocycles. The van der Waals surface area contributed by atoms with E-state index in [4.69, 9.17) is 15.0 Å². The summed E-state index contributed by atoms with van der Waals surface area (Å²) in [6.07, 6.45) is 3.72. The zero-order valence-electron chi connectivity index (χ0n) is 30.2.